The van der Waals surface area contributed by atoms with Gasteiger partial charge in [-0.1, -0.05) is 0 Å². The highest BCUT2D eigenvalue weighted by Crippen LogP contribution is 2.15. The molecule has 0 bridgehead atoms. The van der Waals surface area contributed by atoms with Gasteiger partial charge < -0.3 is 10.3 Å². The van der Waals surface area contributed by atoms with Crippen molar-refractivity contribution in [1.82, 2.24) is 20.3 Å². The van der Waals surface area contributed by atoms with Gasteiger partial charge in [-0.15, -0.1) is 11.3 Å². The van der Waals surface area contributed by atoms with E-state index in [1.165, 1.54) is 16.0 Å². The molecule has 3 aromatic rings. The third-order valence-electron chi connectivity index (χ3n) is 2.85. The van der Waals surface area contributed by atoms with Crippen LogP contribution >= 0.6 is 11.3 Å². The van der Waals surface area contributed by atoms with Gasteiger partial charge in [-0.25, -0.2) is 9.97 Å². The molecular weight excluding hydrogens is 244 g/mol. The van der Waals surface area contributed by atoms with Crippen LogP contribution in [0.3, 0.4) is 0 Å². The zero-order valence-electron chi connectivity index (χ0n) is 9.89. The van der Waals surface area contributed by atoms with Crippen LogP contribution in [0.1, 0.15) is 10.6 Å². The van der Waals surface area contributed by atoms with E-state index in [1.807, 2.05) is 23.8 Å². The predicted molar refractivity (Wildman–Crippen MR) is 73.6 cm³/mol. The first-order chi connectivity index (χ1) is 8.93. The van der Waals surface area contributed by atoms with Gasteiger partial charge in [0, 0.05) is 48.9 Å². The van der Waals surface area contributed by atoms with Crippen LogP contribution in [-0.2, 0) is 13.0 Å². The second-order valence-corrected chi connectivity index (χ2v) is 5.05. The first-order valence-corrected chi connectivity index (χ1v) is 6.81. The fraction of sp³-hybridized carbons (Fsp3) is 0.231. The molecule has 0 saturated heterocycles. The number of nitrogens with zero attached hydrogens (tertiary/aromatic N) is 2. The van der Waals surface area contributed by atoms with Gasteiger partial charge in [0.15, 0.2) is 0 Å². The van der Waals surface area contributed by atoms with Crippen LogP contribution in [0.25, 0.3) is 11.0 Å². The van der Waals surface area contributed by atoms with E-state index in [-0.39, 0.29) is 0 Å². The summed E-state index contributed by atoms with van der Waals surface area (Å²) in [5.74, 6) is 0. The lowest BCUT2D eigenvalue weighted by molar-refractivity contribution is 0.688. The summed E-state index contributed by atoms with van der Waals surface area (Å²) in [5.41, 5.74) is 2.21. The Bertz CT molecular complexity index is 615. The maximum absolute atomic E-state index is 4.28. The minimum Gasteiger partial charge on any atom is -0.346 e. The molecule has 3 aromatic heterocycles. The topological polar surface area (TPSA) is 53.6 Å². The number of hydrogen-bond acceptors (Lipinski definition) is 4. The smallest absolute Gasteiger partial charge is 0.137 e. The lowest BCUT2D eigenvalue weighted by atomic mass is 10.2. The molecule has 0 saturated carbocycles. The molecule has 0 unspecified atom stereocenters. The summed E-state index contributed by atoms with van der Waals surface area (Å²) in [7, 11) is 0. The molecule has 0 spiro atoms. The maximum Gasteiger partial charge on any atom is 0.137 e. The zero-order valence-corrected chi connectivity index (χ0v) is 10.7. The number of aromatic amines is 1. The first kappa shape index (κ1) is 11.4. The van der Waals surface area contributed by atoms with Gasteiger partial charge in [0.1, 0.15) is 5.65 Å². The summed E-state index contributed by atoms with van der Waals surface area (Å²) >= 11 is 1.71. The van der Waals surface area contributed by atoms with E-state index in [0.717, 1.165) is 25.2 Å². The van der Waals surface area contributed by atoms with Crippen LogP contribution in [-0.4, -0.2) is 21.5 Å². The van der Waals surface area contributed by atoms with Crippen LogP contribution in [0.4, 0.5) is 0 Å². The SMILES string of the molecule is c1cnc2[nH]cc(CNCCc3nccs3)c2c1. The number of H-pyrrole nitrogens is 1. The Kier molecular flexibility index (Phi) is 3.34. The van der Waals surface area contributed by atoms with E-state index in [0.29, 0.717) is 0 Å². The van der Waals surface area contributed by atoms with E-state index in [9.17, 15) is 0 Å². The third-order valence-corrected chi connectivity index (χ3v) is 3.69. The number of nitrogens with one attached hydrogen (secondary N) is 2. The van der Waals surface area contributed by atoms with Crippen molar-refractivity contribution in [2.24, 2.45) is 0 Å². The van der Waals surface area contributed by atoms with Gasteiger partial charge >= 0.3 is 0 Å². The van der Waals surface area contributed by atoms with E-state index < -0.39 is 0 Å². The van der Waals surface area contributed by atoms with Gasteiger partial charge in [-0.05, 0) is 17.7 Å². The van der Waals surface area contributed by atoms with Crippen LogP contribution < -0.4 is 5.32 Å². The van der Waals surface area contributed by atoms with Crippen molar-refractivity contribution in [3.8, 4) is 0 Å². The Morgan fingerprint density at radius 3 is 3.17 bits per heavy atom. The fourth-order valence-corrected chi connectivity index (χ4v) is 2.57. The molecule has 3 heterocycles. The van der Waals surface area contributed by atoms with Crippen molar-refractivity contribution in [1.29, 1.82) is 0 Å². The van der Waals surface area contributed by atoms with Crippen molar-refractivity contribution in [2.45, 2.75) is 13.0 Å². The molecule has 92 valence electrons. The summed E-state index contributed by atoms with van der Waals surface area (Å²) < 4.78 is 0. The van der Waals surface area contributed by atoms with Gasteiger partial charge in [-0.2, -0.15) is 0 Å². The minimum absolute atomic E-state index is 0.858. The summed E-state index contributed by atoms with van der Waals surface area (Å²) in [6.45, 7) is 1.80. The van der Waals surface area contributed by atoms with Crippen molar-refractivity contribution in [3.05, 3.63) is 46.7 Å². The summed E-state index contributed by atoms with van der Waals surface area (Å²) in [5, 5.41) is 7.83. The highest BCUT2D eigenvalue weighted by Gasteiger charge is 2.03. The van der Waals surface area contributed by atoms with Gasteiger partial charge in [0.05, 0.1) is 5.01 Å². The molecule has 0 radical (unpaired) electrons. The van der Waals surface area contributed by atoms with Crippen LogP contribution in [0.5, 0.6) is 0 Å². The molecule has 0 aromatic carbocycles. The largest absolute Gasteiger partial charge is 0.346 e. The van der Waals surface area contributed by atoms with E-state index in [1.54, 1.807) is 17.5 Å². The molecule has 0 atom stereocenters. The van der Waals surface area contributed by atoms with E-state index in [4.69, 9.17) is 0 Å². The van der Waals surface area contributed by atoms with Crippen LogP contribution in [0.2, 0.25) is 0 Å². The minimum atomic E-state index is 0.858. The predicted octanol–water partition coefficient (Wildman–Crippen LogP) is 2.35. The molecule has 3 rings (SSSR count). The first-order valence-electron chi connectivity index (χ1n) is 5.93. The van der Waals surface area contributed by atoms with Crippen molar-refractivity contribution in [3.63, 3.8) is 0 Å². The lowest BCUT2D eigenvalue weighted by Gasteiger charge is -2.02. The zero-order chi connectivity index (χ0) is 12.2. The monoisotopic (exact) mass is 258 g/mol. The maximum atomic E-state index is 4.28. The second kappa shape index (κ2) is 5.29. The number of thiazole rings is 1. The van der Waals surface area contributed by atoms with Crippen molar-refractivity contribution >= 4 is 22.4 Å². The summed E-state index contributed by atoms with van der Waals surface area (Å²) in [4.78, 5) is 11.7. The Balaban J connectivity index is 1.57. The Morgan fingerprint density at radius 2 is 2.28 bits per heavy atom. The molecule has 5 heteroatoms. The molecule has 0 aliphatic heterocycles. The van der Waals surface area contributed by atoms with Crippen molar-refractivity contribution < 1.29 is 0 Å². The quantitative estimate of drug-likeness (QED) is 0.691. The highest BCUT2D eigenvalue weighted by atomic mass is 32.1. The molecular formula is C13H14N4S. The molecule has 4 nitrogen and oxygen atoms in total. The normalized spacial score (nSPS) is 11.1. The lowest BCUT2D eigenvalue weighted by Crippen LogP contribution is -2.16. The molecule has 0 fully saturated rings. The highest BCUT2D eigenvalue weighted by molar-refractivity contribution is 7.09. The molecule has 18 heavy (non-hydrogen) atoms. The average molecular weight is 258 g/mol. The van der Waals surface area contributed by atoms with E-state index >= 15 is 0 Å². The third kappa shape index (κ3) is 2.42. The van der Waals surface area contributed by atoms with E-state index in [2.05, 4.69) is 26.3 Å². The van der Waals surface area contributed by atoms with Gasteiger partial charge in [0.2, 0.25) is 0 Å². The molecule has 2 N–H and O–H groups in total. The number of hydrogen-bond donors (Lipinski definition) is 2. The Morgan fingerprint density at radius 1 is 1.28 bits per heavy atom. The van der Waals surface area contributed by atoms with Crippen molar-refractivity contribution in [2.75, 3.05) is 6.54 Å². The molecule has 0 amide bonds. The number of pyridine rings is 1. The number of aromatic nitrogens is 3. The van der Waals surface area contributed by atoms with Gasteiger partial charge in [-0.3, -0.25) is 0 Å². The summed E-state index contributed by atoms with van der Waals surface area (Å²) in [6, 6.07) is 4.06. The molecule has 0 aliphatic rings. The molecule has 0 aliphatic carbocycles. The second-order valence-electron chi connectivity index (χ2n) is 4.07. The number of rotatable bonds is 5. The Hall–Kier alpha value is -1.72. The number of fused-ring (bicyclic) bond motifs is 1. The standard InChI is InChI=1S/C13H14N4S/c1-2-11-10(9-17-13(11)16-4-1)8-14-5-3-12-15-6-7-18-12/h1-2,4,6-7,9,14H,3,5,8H2,(H,16,17). The summed E-state index contributed by atoms with van der Waals surface area (Å²) in [6.07, 6.45) is 6.66. The van der Waals surface area contributed by atoms with Crippen LogP contribution in [0.15, 0.2) is 36.1 Å². The average Bonchev–Trinajstić information content (AvgIpc) is 3.04. The van der Waals surface area contributed by atoms with Gasteiger partial charge in [0.25, 0.3) is 0 Å². The Labute approximate surface area is 109 Å². The fourth-order valence-electron chi connectivity index (χ4n) is 1.95. The van der Waals surface area contributed by atoms with Crippen LogP contribution in [0, 0.1) is 0 Å².